The Morgan fingerprint density at radius 1 is 1.50 bits per heavy atom. The van der Waals surface area contributed by atoms with Crippen LogP contribution in [-0.4, -0.2) is 37.4 Å². The first-order valence-electron chi connectivity index (χ1n) is 5.35. The molecule has 0 aromatic carbocycles. The number of carbonyl (C=O) groups is 1. The number of carbonyl (C=O) groups excluding carboxylic acids is 1. The number of nitrogens with two attached hydrogens (primary N) is 2. The number of hydrogen-bond acceptors (Lipinski definition) is 6. The minimum Gasteiger partial charge on any atom is -0.397 e. The molecule has 1 aromatic heterocycles. The molecule has 0 bridgehead atoms. The van der Waals surface area contributed by atoms with Gasteiger partial charge in [0, 0.05) is 12.3 Å². The monoisotopic (exact) mass is 272 g/mol. The van der Waals surface area contributed by atoms with Gasteiger partial charge in [0.1, 0.15) is 5.82 Å². The lowest BCUT2D eigenvalue weighted by Crippen LogP contribution is -2.19. The molecule has 0 aliphatic rings. The fraction of sp³-hybridized carbons (Fsp3) is 0.400. The van der Waals surface area contributed by atoms with Gasteiger partial charge in [-0.05, 0) is 6.07 Å². The maximum Gasteiger partial charge on any atom is 0.250 e. The summed E-state index contributed by atoms with van der Waals surface area (Å²) in [5.41, 5.74) is 11.0. The van der Waals surface area contributed by atoms with Crippen LogP contribution in [-0.2, 0) is 9.84 Å². The Kier molecular flexibility index (Phi) is 4.49. The third-order valence-corrected chi connectivity index (χ3v) is 4.07. The van der Waals surface area contributed by atoms with Gasteiger partial charge < -0.3 is 16.8 Å². The van der Waals surface area contributed by atoms with Gasteiger partial charge in [-0.1, -0.05) is 6.92 Å². The molecule has 8 heteroatoms. The van der Waals surface area contributed by atoms with E-state index in [0.717, 1.165) is 0 Å². The minimum absolute atomic E-state index is 0.00145. The van der Waals surface area contributed by atoms with Crippen molar-refractivity contribution in [1.82, 2.24) is 4.98 Å². The third-order valence-electron chi connectivity index (χ3n) is 2.36. The molecular weight excluding hydrogens is 256 g/mol. The minimum atomic E-state index is -3.03. The molecule has 18 heavy (non-hydrogen) atoms. The van der Waals surface area contributed by atoms with E-state index in [1.165, 1.54) is 12.3 Å². The quantitative estimate of drug-likeness (QED) is 0.647. The van der Waals surface area contributed by atoms with Crippen molar-refractivity contribution in [3.8, 4) is 0 Å². The molecule has 1 aromatic rings. The van der Waals surface area contributed by atoms with E-state index in [1.54, 1.807) is 6.92 Å². The van der Waals surface area contributed by atoms with Gasteiger partial charge in [-0.3, -0.25) is 4.79 Å². The predicted octanol–water partition coefficient (Wildman–Crippen LogP) is -0.391. The van der Waals surface area contributed by atoms with Crippen LogP contribution in [0.3, 0.4) is 0 Å². The summed E-state index contributed by atoms with van der Waals surface area (Å²) in [6.45, 7) is 1.80. The van der Waals surface area contributed by atoms with Crippen LogP contribution in [0.4, 0.5) is 11.5 Å². The van der Waals surface area contributed by atoms with Gasteiger partial charge in [0.25, 0.3) is 5.91 Å². The number of sulfone groups is 1. The van der Waals surface area contributed by atoms with E-state index in [2.05, 4.69) is 10.3 Å². The normalized spacial score (nSPS) is 11.2. The van der Waals surface area contributed by atoms with Crippen LogP contribution in [0.5, 0.6) is 0 Å². The summed E-state index contributed by atoms with van der Waals surface area (Å²) in [5, 5.41) is 2.80. The van der Waals surface area contributed by atoms with Crippen LogP contribution >= 0.6 is 0 Å². The molecule has 0 aliphatic heterocycles. The van der Waals surface area contributed by atoms with E-state index < -0.39 is 15.7 Å². The average molecular weight is 272 g/mol. The molecule has 0 saturated heterocycles. The molecule has 0 aliphatic carbocycles. The average Bonchev–Trinajstić information content (AvgIpc) is 2.31. The zero-order valence-corrected chi connectivity index (χ0v) is 10.8. The molecule has 0 saturated carbocycles. The number of pyridine rings is 1. The lowest BCUT2D eigenvalue weighted by atomic mass is 10.2. The summed E-state index contributed by atoms with van der Waals surface area (Å²) in [4.78, 5) is 15.0. The first-order valence-corrected chi connectivity index (χ1v) is 7.17. The fourth-order valence-electron chi connectivity index (χ4n) is 1.25. The highest BCUT2D eigenvalue weighted by molar-refractivity contribution is 7.91. The number of nitrogens with one attached hydrogen (secondary N) is 1. The van der Waals surface area contributed by atoms with Gasteiger partial charge in [-0.2, -0.15) is 0 Å². The lowest BCUT2D eigenvalue weighted by molar-refractivity contribution is 0.100. The summed E-state index contributed by atoms with van der Waals surface area (Å²) in [5.74, 6) is -0.193. The number of anilines is 2. The second-order valence-corrected chi connectivity index (χ2v) is 6.16. The van der Waals surface area contributed by atoms with Crippen molar-refractivity contribution in [1.29, 1.82) is 0 Å². The van der Waals surface area contributed by atoms with Gasteiger partial charge in [-0.15, -0.1) is 0 Å². The maximum absolute atomic E-state index is 11.3. The SMILES string of the molecule is CCS(=O)(=O)CCNc1cc(C(N)=O)c(N)cn1. The Labute approximate surface area is 105 Å². The molecule has 100 valence electrons. The molecule has 5 N–H and O–H groups in total. The van der Waals surface area contributed by atoms with Gasteiger partial charge in [0.2, 0.25) is 0 Å². The van der Waals surface area contributed by atoms with Gasteiger partial charge >= 0.3 is 0 Å². The molecule has 1 amide bonds. The standard InChI is InChI=1S/C10H16N4O3S/c1-2-18(16,17)4-3-13-9-5-7(10(12)15)8(11)6-14-9/h5-6H,2-4,11H2,1H3,(H2,12,15)(H,13,14). The zero-order valence-electron chi connectivity index (χ0n) is 10.0. The van der Waals surface area contributed by atoms with Crippen molar-refractivity contribution in [2.24, 2.45) is 5.73 Å². The fourth-order valence-corrected chi connectivity index (χ4v) is 1.96. The van der Waals surface area contributed by atoms with E-state index >= 15 is 0 Å². The lowest BCUT2D eigenvalue weighted by Gasteiger charge is -2.07. The van der Waals surface area contributed by atoms with Gasteiger partial charge in [0.05, 0.1) is 23.2 Å². The molecule has 0 radical (unpaired) electrons. The van der Waals surface area contributed by atoms with Gasteiger partial charge in [0.15, 0.2) is 9.84 Å². The summed E-state index contributed by atoms with van der Waals surface area (Å²) in [6.07, 6.45) is 1.30. The summed E-state index contributed by atoms with van der Waals surface area (Å²) >= 11 is 0. The Hall–Kier alpha value is -1.83. The molecule has 1 heterocycles. The van der Waals surface area contributed by atoms with Crippen LogP contribution < -0.4 is 16.8 Å². The molecule has 0 spiro atoms. The van der Waals surface area contributed by atoms with Crippen LogP contribution in [0.2, 0.25) is 0 Å². The number of aromatic nitrogens is 1. The number of hydrogen-bond donors (Lipinski definition) is 3. The highest BCUT2D eigenvalue weighted by Crippen LogP contribution is 2.13. The summed E-state index contributed by atoms with van der Waals surface area (Å²) < 4.78 is 22.5. The number of nitrogen functional groups attached to an aromatic ring is 1. The first-order chi connectivity index (χ1) is 8.35. The van der Waals surface area contributed by atoms with E-state index in [0.29, 0.717) is 5.82 Å². The molecule has 0 atom stereocenters. The molecule has 1 rings (SSSR count). The van der Waals surface area contributed by atoms with Gasteiger partial charge in [-0.25, -0.2) is 13.4 Å². The molecule has 7 nitrogen and oxygen atoms in total. The molecular formula is C10H16N4O3S. The van der Waals surface area contributed by atoms with Crippen molar-refractivity contribution in [2.45, 2.75) is 6.92 Å². The van der Waals surface area contributed by atoms with E-state index in [-0.39, 0.29) is 29.3 Å². The number of nitrogens with zero attached hydrogens (tertiary/aromatic N) is 1. The highest BCUT2D eigenvalue weighted by atomic mass is 32.2. The largest absolute Gasteiger partial charge is 0.397 e. The van der Waals surface area contributed by atoms with Crippen molar-refractivity contribution in [3.05, 3.63) is 17.8 Å². The van der Waals surface area contributed by atoms with E-state index in [9.17, 15) is 13.2 Å². The predicted molar refractivity (Wildman–Crippen MR) is 70.0 cm³/mol. The summed E-state index contributed by atoms with van der Waals surface area (Å²) in [6, 6.07) is 1.40. The Morgan fingerprint density at radius 3 is 2.72 bits per heavy atom. The Bertz CT molecular complexity index is 542. The second kappa shape index (κ2) is 5.67. The molecule has 0 unspecified atom stereocenters. The van der Waals surface area contributed by atoms with Crippen molar-refractivity contribution >= 4 is 27.2 Å². The number of amides is 1. The summed E-state index contributed by atoms with van der Waals surface area (Å²) in [7, 11) is -3.03. The number of rotatable bonds is 6. The number of primary amides is 1. The van der Waals surface area contributed by atoms with Crippen molar-refractivity contribution < 1.29 is 13.2 Å². The van der Waals surface area contributed by atoms with Crippen LogP contribution in [0.15, 0.2) is 12.3 Å². The Balaban J connectivity index is 2.69. The first kappa shape index (κ1) is 14.2. The van der Waals surface area contributed by atoms with Crippen LogP contribution in [0.1, 0.15) is 17.3 Å². The smallest absolute Gasteiger partial charge is 0.250 e. The van der Waals surface area contributed by atoms with E-state index in [4.69, 9.17) is 11.5 Å². The maximum atomic E-state index is 11.3. The zero-order chi connectivity index (χ0) is 13.8. The highest BCUT2D eigenvalue weighted by Gasteiger charge is 2.09. The molecule has 0 fully saturated rings. The second-order valence-electron chi connectivity index (χ2n) is 3.68. The van der Waals surface area contributed by atoms with E-state index in [1.807, 2.05) is 0 Å². The Morgan fingerprint density at radius 2 is 2.17 bits per heavy atom. The van der Waals surface area contributed by atoms with Crippen LogP contribution in [0.25, 0.3) is 0 Å². The van der Waals surface area contributed by atoms with Crippen molar-refractivity contribution in [3.63, 3.8) is 0 Å². The van der Waals surface area contributed by atoms with Crippen LogP contribution in [0, 0.1) is 0 Å². The third kappa shape index (κ3) is 3.88. The van der Waals surface area contributed by atoms with Crippen molar-refractivity contribution in [2.75, 3.05) is 29.1 Å². The topological polar surface area (TPSA) is 128 Å².